The predicted molar refractivity (Wildman–Crippen MR) is 38.4 cm³/mol. The van der Waals surface area contributed by atoms with Crippen molar-refractivity contribution in [3.05, 3.63) is 0 Å². The molecule has 1 saturated heterocycles. The third-order valence-electron chi connectivity index (χ3n) is 2.83. The van der Waals surface area contributed by atoms with Crippen LogP contribution in [0.3, 0.4) is 0 Å². The van der Waals surface area contributed by atoms with Crippen molar-refractivity contribution in [1.29, 1.82) is 0 Å². The Labute approximate surface area is 56.8 Å². The van der Waals surface area contributed by atoms with Gasteiger partial charge in [-0.15, -0.1) is 0 Å². The van der Waals surface area contributed by atoms with Crippen LogP contribution >= 0.6 is 0 Å². The fourth-order valence-corrected chi connectivity index (χ4v) is 2.28. The maximum atomic E-state index is 3.56. The summed E-state index contributed by atoms with van der Waals surface area (Å²) in [6, 6.07) is 0.916. The van der Waals surface area contributed by atoms with Crippen LogP contribution in [-0.4, -0.2) is 12.6 Å². The second kappa shape index (κ2) is 2.30. The third kappa shape index (κ3) is 0.983. The highest BCUT2D eigenvalue weighted by Gasteiger charge is 2.28. The SMILES string of the molecule is C1CC[C@@H]2NCC[C@H]2C1. The highest BCUT2D eigenvalue weighted by atomic mass is 15.0. The Bertz CT molecular complexity index is 88.7. The summed E-state index contributed by atoms with van der Waals surface area (Å²) in [5.74, 6) is 1.05. The molecule has 0 radical (unpaired) electrons. The highest BCUT2D eigenvalue weighted by molar-refractivity contribution is 4.86. The summed E-state index contributed by atoms with van der Waals surface area (Å²) in [7, 11) is 0. The van der Waals surface area contributed by atoms with Crippen LogP contribution in [0, 0.1) is 5.92 Å². The lowest BCUT2D eigenvalue weighted by molar-refractivity contribution is 0.326. The zero-order valence-electron chi connectivity index (χ0n) is 5.90. The molecular weight excluding hydrogens is 110 g/mol. The summed E-state index contributed by atoms with van der Waals surface area (Å²) >= 11 is 0. The monoisotopic (exact) mass is 125 g/mol. The van der Waals surface area contributed by atoms with Gasteiger partial charge >= 0.3 is 0 Å². The molecule has 1 aliphatic heterocycles. The Morgan fingerprint density at radius 3 is 2.78 bits per heavy atom. The second-order valence-electron chi connectivity index (χ2n) is 3.39. The molecule has 0 amide bonds. The van der Waals surface area contributed by atoms with E-state index in [1.165, 1.54) is 38.6 Å². The van der Waals surface area contributed by atoms with Gasteiger partial charge in [0, 0.05) is 6.04 Å². The van der Waals surface area contributed by atoms with E-state index in [2.05, 4.69) is 5.32 Å². The largest absolute Gasteiger partial charge is 0.314 e. The summed E-state index contributed by atoms with van der Waals surface area (Å²) < 4.78 is 0. The van der Waals surface area contributed by atoms with Gasteiger partial charge in [0.2, 0.25) is 0 Å². The van der Waals surface area contributed by atoms with Gasteiger partial charge in [0.05, 0.1) is 0 Å². The molecule has 0 unspecified atom stereocenters. The molecule has 2 rings (SSSR count). The molecule has 9 heavy (non-hydrogen) atoms. The van der Waals surface area contributed by atoms with Crippen LogP contribution in [0.15, 0.2) is 0 Å². The van der Waals surface area contributed by atoms with Crippen molar-refractivity contribution < 1.29 is 0 Å². The fraction of sp³-hybridized carbons (Fsp3) is 1.00. The van der Waals surface area contributed by atoms with E-state index >= 15 is 0 Å². The van der Waals surface area contributed by atoms with Gasteiger partial charge in [0.1, 0.15) is 0 Å². The minimum absolute atomic E-state index is 0.916. The van der Waals surface area contributed by atoms with Gasteiger partial charge in [-0.1, -0.05) is 12.8 Å². The zero-order valence-corrected chi connectivity index (χ0v) is 5.90. The van der Waals surface area contributed by atoms with E-state index in [-0.39, 0.29) is 0 Å². The van der Waals surface area contributed by atoms with E-state index in [0.717, 1.165) is 12.0 Å². The van der Waals surface area contributed by atoms with Crippen molar-refractivity contribution in [2.45, 2.75) is 38.1 Å². The molecule has 0 spiro atoms. The lowest BCUT2D eigenvalue weighted by Crippen LogP contribution is -2.29. The molecule has 2 atom stereocenters. The molecule has 1 saturated carbocycles. The number of hydrogen-bond acceptors (Lipinski definition) is 1. The predicted octanol–water partition coefficient (Wildman–Crippen LogP) is 1.54. The lowest BCUT2D eigenvalue weighted by atomic mass is 9.86. The standard InChI is InChI=1S/C8H15N/c1-2-4-8-7(3-1)5-6-9-8/h7-9H,1-6H2/t7-,8+/m1/s1. The quantitative estimate of drug-likeness (QED) is 0.518. The van der Waals surface area contributed by atoms with Crippen LogP contribution in [0.1, 0.15) is 32.1 Å². The molecule has 1 heterocycles. The van der Waals surface area contributed by atoms with Crippen LogP contribution in [0.5, 0.6) is 0 Å². The molecule has 1 heteroatoms. The molecule has 0 aromatic rings. The second-order valence-corrected chi connectivity index (χ2v) is 3.39. The summed E-state index contributed by atoms with van der Waals surface area (Å²) in [6.45, 7) is 1.29. The molecule has 2 fully saturated rings. The average Bonchev–Trinajstić information content (AvgIpc) is 2.33. The first kappa shape index (κ1) is 5.72. The van der Waals surface area contributed by atoms with Gasteiger partial charge in [-0.05, 0) is 31.7 Å². The topological polar surface area (TPSA) is 12.0 Å². The number of fused-ring (bicyclic) bond motifs is 1. The number of hydrogen-bond donors (Lipinski definition) is 1. The van der Waals surface area contributed by atoms with Crippen molar-refractivity contribution in [2.75, 3.05) is 6.54 Å². The Hall–Kier alpha value is -0.0400. The first-order valence-electron chi connectivity index (χ1n) is 4.20. The van der Waals surface area contributed by atoms with Crippen LogP contribution in [0.4, 0.5) is 0 Å². The maximum Gasteiger partial charge on any atom is 0.00958 e. The normalized spacial score (nSPS) is 42.7. The van der Waals surface area contributed by atoms with Crippen molar-refractivity contribution in [1.82, 2.24) is 5.32 Å². The average molecular weight is 125 g/mol. The Balaban J connectivity index is 1.97. The van der Waals surface area contributed by atoms with E-state index in [9.17, 15) is 0 Å². The molecule has 1 nitrogen and oxygen atoms in total. The van der Waals surface area contributed by atoms with Gasteiger partial charge in [0.15, 0.2) is 0 Å². The minimum Gasteiger partial charge on any atom is -0.314 e. The van der Waals surface area contributed by atoms with Crippen LogP contribution in [0.2, 0.25) is 0 Å². The number of rotatable bonds is 0. The van der Waals surface area contributed by atoms with E-state index in [1.54, 1.807) is 0 Å². The summed E-state index contributed by atoms with van der Waals surface area (Å²) in [5, 5.41) is 3.56. The Kier molecular flexibility index (Phi) is 1.46. The Morgan fingerprint density at radius 2 is 1.89 bits per heavy atom. The van der Waals surface area contributed by atoms with E-state index in [1.807, 2.05) is 0 Å². The molecule has 0 aromatic carbocycles. The first-order chi connectivity index (χ1) is 4.47. The molecule has 0 bridgehead atoms. The smallest absolute Gasteiger partial charge is 0.00958 e. The van der Waals surface area contributed by atoms with Crippen molar-refractivity contribution in [2.24, 2.45) is 5.92 Å². The first-order valence-corrected chi connectivity index (χ1v) is 4.20. The molecule has 2 aliphatic rings. The fourth-order valence-electron chi connectivity index (χ4n) is 2.28. The van der Waals surface area contributed by atoms with E-state index < -0.39 is 0 Å². The third-order valence-corrected chi connectivity index (χ3v) is 2.83. The Morgan fingerprint density at radius 1 is 1.00 bits per heavy atom. The van der Waals surface area contributed by atoms with E-state index in [0.29, 0.717) is 0 Å². The van der Waals surface area contributed by atoms with Gasteiger partial charge in [-0.3, -0.25) is 0 Å². The summed E-state index contributed by atoms with van der Waals surface area (Å²) in [5.41, 5.74) is 0. The highest BCUT2D eigenvalue weighted by Crippen LogP contribution is 2.29. The van der Waals surface area contributed by atoms with Gasteiger partial charge in [-0.2, -0.15) is 0 Å². The minimum atomic E-state index is 0.916. The van der Waals surface area contributed by atoms with Gasteiger partial charge < -0.3 is 5.32 Å². The van der Waals surface area contributed by atoms with Crippen LogP contribution < -0.4 is 5.32 Å². The molecular formula is C8H15N. The maximum absolute atomic E-state index is 3.56. The van der Waals surface area contributed by atoms with Crippen molar-refractivity contribution >= 4 is 0 Å². The zero-order chi connectivity index (χ0) is 6.10. The molecule has 0 aromatic heterocycles. The van der Waals surface area contributed by atoms with E-state index in [4.69, 9.17) is 0 Å². The summed E-state index contributed by atoms with van der Waals surface area (Å²) in [4.78, 5) is 0. The lowest BCUT2D eigenvalue weighted by Gasteiger charge is -2.24. The summed E-state index contributed by atoms with van der Waals surface area (Å²) in [6.07, 6.45) is 7.35. The van der Waals surface area contributed by atoms with Crippen LogP contribution in [-0.2, 0) is 0 Å². The molecule has 52 valence electrons. The van der Waals surface area contributed by atoms with Crippen molar-refractivity contribution in [3.8, 4) is 0 Å². The van der Waals surface area contributed by atoms with Gasteiger partial charge in [0.25, 0.3) is 0 Å². The van der Waals surface area contributed by atoms with Crippen molar-refractivity contribution in [3.63, 3.8) is 0 Å². The molecule has 1 aliphatic carbocycles. The van der Waals surface area contributed by atoms with Crippen LogP contribution in [0.25, 0.3) is 0 Å². The molecule has 1 N–H and O–H groups in total. The van der Waals surface area contributed by atoms with Gasteiger partial charge in [-0.25, -0.2) is 0 Å². The number of nitrogens with one attached hydrogen (secondary N) is 1.